The maximum atomic E-state index is 5.76. The lowest BCUT2D eigenvalue weighted by Crippen LogP contribution is -2.12. The molecule has 1 rings (SSSR count). The number of hydrogen-bond donors (Lipinski definition) is 1. The van der Waals surface area contributed by atoms with Gasteiger partial charge < -0.3 is 10.5 Å². The van der Waals surface area contributed by atoms with E-state index in [2.05, 4.69) is 18.8 Å². The number of aromatic nitrogens is 1. The molecule has 0 saturated carbocycles. The molecule has 1 aromatic heterocycles. The van der Waals surface area contributed by atoms with E-state index in [9.17, 15) is 0 Å². The van der Waals surface area contributed by atoms with Crippen LogP contribution in [-0.4, -0.2) is 11.1 Å². The first kappa shape index (κ1) is 12.8. The second-order valence-corrected chi connectivity index (χ2v) is 4.19. The van der Waals surface area contributed by atoms with E-state index >= 15 is 0 Å². The third kappa shape index (κ3) is 4.51. The number of unbranched alkanes of at least 4 members (excludes halogenated alkanes) is 3. The van der Waals surface area contributed by atoms with Gasteiger partial charge in [-0.25, -0.2) is 0 Å². The number of pyridine rings is 1. The standard InChI is InChI=1S/C13H22N2O/c1-3-4-5-6-7-11(2)16-13-8-9-15-10-12(13)14/h8-11H,3-7,14H2,1-2H3. The van der Waals surface area contributed by atoms with Gasteiger partial charge in [0.1, 0.15) is 5.75 Å². The Kier molecular flexibility index (Phi) is 5.68. The van der Waals surface area contributed by atoms with E-state index in [1.807, 2.05) is 6.07 Å². The summed E-state index contributed by atoms with van der Waals surface area (Å²) < 4.78 is 5.76. The molecule has 1 atom stereocenters. The van der Waals surface area contributed by atoms with Gasteiger partial charge in [0.05, 0.1) is 18.0 Å². The maximum absolute atomic E-state index is 5.76. The van der Waals surface area contributed by atoms with Crippen molar-refractivity contribution in [1.29, 1.82) is 0 Å². The Morgan fingerprint density at radius 1 is 1.38 bits per heavy atom. The second-order valence-electron chi connectivity index (χ2n) is 4.19. The molecule has 0 radical (unpaired) electrons. The second kappa shape index (κ2) is 7.09. The fourth-order valence-corrected chi connectivity index (χ4v) is 1.64. The molecular formula is C13H22N2O. The fraction of sp³-hybridized carbons (Fsp3) is 0.615. The van der Waals surface area contributed by atoms with Crippen molar-refractivity contribution < 1.29 is 4.74 Å². The molecule has 90 valence electrons. The molecular weight excluding hydrogens is 200 g/mol. The number of nitrogens with two attached hydrogens (primary N) is 1. The zero-order valence-electron chi connectivity index (χ0n) is 10.3. The topological polar surface area (TPSA) is 48.1 Å². The Balaban J connectivity index is 2.28. The molecule has 16 heavy (non-hydrogen) atoms. The van der Waals surface area contributed by atoms with Gasteiger partial charge in [-0.1, -0.05) is 26.2 Å². The minimum atomic E-state index is 0.224. The van der Waals surface area contributed by atoms with Crippen LogP contribution in [0.4, 0.5) is 5.69 Å². The van der Waals surface area contributed by atoms with Gasteiger partial charge >= 0.3 is 0 Å². The minimum absolute atomic E-state index is 0.224. The Labute approximate surface area is 98.0 Å². The SMILES string of the molecule is CCCCCCC(C)Oc1ccncc1N. The van der Waals surface area contributed by atoms with Crippen LogP contribution in [0.5, 0.6) is 5.75 Å². The zero-order valence-corrected chi connectivity index (χ0v) is 10.3. The van der Waals surface area contributed by atoms with E-state index in [-0.39, 0.29) is 6.10 Å². The monoisotopic (exact) mass is 222 g/mol. The summed E-state index contributed by atoms with van der Waals surface area (Å²) in [5.74, 6) is 0.748. The van der Waals surface area contributed by atoms with Crippen molar-refractivity contribution in [3.63, 3.8) is 0 Å². The van der Waals surface area contributed by atoms with Crippen molar-refractivity contribution in [3.8, 4) is 5.75 Å². The number of nitrogen functional groups attached to an aromatic ring is 1. The van der Waals surface area contributed by atoms with E-state index in [1.54, 1.807) is 12.4 Å². The Bertz CT molecular complexity index is 302. The van der Waals surface area contributed by atoms with Crippen LogP contribution in [-0.2, 0) is 0 Å². The van der Waals surface area contributed by atoms with Gasteiger partial charge in [0, 0.05) is 12.3 Å². The molecule has 0 amide bonds. The number of rotatable bonds is 7. The van der Waals surface area contributed by atoms with Crippen molar-refractivity contribution >= 4 is 5.69 Å². The highest BCUT2D eigenvalue weighted by Gasteiger charge is 2.06. The quantitative estimate of drug-likeness (QED) is 0.719. The van der Waals surface area contributed by atoms with Crippen LogP contribution >= 0.6 is 0 Å². The smallest absolute Gasteiger partial charge is 0.145 e. The fourth-order valence-electron chi connectivity index (χ4n) is 1.64. The summed E-state index contributed by atoms with van der Waals surface area (Å²) in [7, 11) is 0. The molecule has 0 aliphatic heterocycles. The molecule has 0 spiro atoms. The van der Waals surface area contributed by atoms with Crippen molar-refractivity contribution in [2.24, 2.45) is 0 Å². The molecule has 1 aromatic rings. The highest BCUT2D eigenvalue weighted by Crippen LogP contribution is 2.21. The van der Waals surface area contributed by atoms with Gasteiger partial charge in [0.15, 0.2) is 0 Å². The zero-order chi connectivity index (χ0) is 11.8. The van der Waals surface area contributed by atoms with Crippen LogP contribution in [0.15, 0.2) is 18.5 Å². The molecule has 0 aromatic carbocycles. The molecule has 1 heterocycles. The molecule has 0 fully saturated rings. The lowest BCUT2D eigenvalue weighted by molar-refractivity contribution is 0.207. The molecule has 2 N–H and O–H groups in total. The molecule has 1 unspecified atom stereocenters. The first-order valence-electron chi connectivity index (χ1n) is 6.10. The Morgan fingerprint density at radius 3 is 2.88 bits per heavy atom. The van der Waals surface area contributed by atoms with Crippen molar-refractivity contribution in [3.05, 3.63) is 18.5 Å². The minimum Gasteiger partial charge on any atom is -0.488 e. The van der Waals surface area contributed by atoms with E-state index in [0.717, 1.165) is 12.2 Å². The van der Waals surface area contributed by atoms with Gasteiger partial charge in [0.25, 0.3) is 0 Å². The first-order chi connectivity index (χ1) is 7.74. The van der Waals surface area contributed by atoms with Crippen LogP contribution in [0, 0.1) is 0 Å². The van der Waals surface area contributed by atoms with Gasteiger partial charge in [-0.15, -0.1) is 0 Å². The number of anilines is 1. The average molecular weight is 222 g/mol. The average Bonchev–Trinajstić information content (AvgIpc) is 2.28. The van der Waals surface area contributed by atoms with E-state index < -0.39 is 0 Å². The number of ether oxygens (including phenoxy) is 1. The third-order valence-corrected chi connectivity index (χ3v) is 2.60. The lowest BCUT2D eigenvalue weighted by atomic mass is 10.1. The summed E-state index contributed by atoms with van der Waals surface area (Å²) >= 11 is 0. The van der Waals surface area contributed by atoms with Gasteiger partial charge in [-0.2, -0.15) is 0 Å². The summed E-state index contributed by atoms with van der Waals surface area (Å²) in [5, 5.41) is 0. The summed E-state index contributed by atoms with van der Waals surface area (Å²) in [5.41, 5.74) is 6.37. The largest absolute Gasteiger partial charge is 0.488 e. The predicted molar refractivity (Wildman–Crippen MR) is 67.5 cm³/mol. The number of hydrogen-bond acceptors (Lipinski definition) is 3. The van der Waals surface area contributed by atoms with Gasteiger partial charge in [-0.3, -0.25) is 4.98 Å². The lowest BCUT2D eigenvalue weighted by Gasteiger charge is -2.15. The van der Waals surface area contributed by atoms with Crippen LogP contribution < -0.4 is 10.5 Å². The predicted octanol–water partition coefficient (Wildman–Crippen LogP) is 3.40. The van der Waals surface area contributed by atoms with E-state index in [1.165, 1.54) is 25.7 Å². The maximum Gasteiger partial charge on any atom is 0.145 e. The summed E-state index contributed by atoms with van der Waals surface area (Å²) in [6.45, 7) is 4.31. The molecule has 3 nitrogen and oxygen atoms in total. The molecule has 0 saturated heterocycles. The van der Waals surface area contributed by atoms with Crippen LogP contribution in [0.25, 0.3) is 0 Å². The Hall–Kier alpha value is -1.25. The summed E-state index contributed by atoms with van der Waals surface area (Å²) in [4.78, 5) is 3.93. The van der Waals surface area contributed by atoms with Crippen molar-refractivity contribution in [2.75, 3.05) is 5.73 Å². The molecule has 0 aliphatic rings. The van der Waals surface area contributed by atoms with Crippen molar-refractivity contribution in [2.45, 2.75) is 52.1 Å². The number of nitrogens with zero attached hydrogens (tertiary/aromatic N) is 1. The van der Waals surface area contributed by atoms with Gasteiger partial charge in [0.2, 0.25) is 0 Å². The van der Waals surface area contributed by atoms with Crippen molar-refractivity contribution in [1.82, 2.24) is 4.98 Å². The highest BCUT2D eigenvalue weighted by atomic mass is 16.5. The molecule has 3 heteroatoms. The first-order valence-corrected chi connectivity index (χ1v) is 6.10. The Morgan fingerprint density at radius 2 is 2.19 bits per heavy atom. The van der Waals surface area contributed by atoms with E-state index in [0.29, 0.717) is 5.69 Å². The van der Waals surface area contributed by atoms with Crippen LogP contribution in [0.1, 0.15) is 46.0 Å². The van der Waals surface area contributed by atoms with Crippen LogP contribution in [0.2, 0.25) is 0 Å². The van der Waals surface area contributed by atoms with Gasteiger partial charge in [-0.05, 0) is 19.8 Å². The van der Waals surface area contributed by atoms with E-state index in [4.69, 9.17) is 10.5 Å². The summed E-state index contributed by atoms with van der Waals surface area (Å²) in [6, 6.07) is 1.82. The normalized spacial score (nSPS) is 12.4. The third-order valence-electron chi connectivity index (χ3n) is 2.60. The molecule has 0 bridgehead atoms. The van der Waals surface area contributed by atoms with Crippen LogP contribution in [0.3, 0.4) is 0 Å². The molecule has 0 aliphatic carbocycles. The summed E-state index contributed by atoms with van der Waals surface area (Å²) in [6.07, 6.45) is 9.73. The highest BCUT2D eigenvalue weighted by molar-refractivity contribution is 5.49.